The van der Waals surface area contributed by atoms with Crippen molar-refractivity contribution in [3.05, 3.63) is 46.3 Å². The predicted octanol–water partition coefficient (Wildman–Crippen LogP) is 4.58. The Hall–Kier alpha value is -2.65. The van der Waals surface area contributed by atoms with Gasteiger partial charge in [-0.05, 0) is 37.7 Å². The fraction of sp³-hybridized carbons (Fsp3) is 0.391. The van der Waals surface area contributed by atoms with Crippen LogP contribution in [0.1, 0.15) is 41.1 Å². The fourth-order valence-corrected chi connectivity index (χ4v) is 5.96. The predicted molar refractivity (Wildman–Crippen MR) is 127 cm³/mol. The minimum atomic E-state index is -0.358. The summed E-state index contributed by atoms with van der Waals surface area (Å²) >= 11 is 2.81. The van der Waals surface area contributed by atoms with Gasteiger partial charge in [0.2, 0.25) is 5.91 Å². The number of carbonyl (C=O) groups is 2. The highest BCUT2D eigenvalue weighted by Gasteiger charge is 2.29. The largest absolute Gasteiger partial charge is 0.462 e. The van der Waals surface area contributed by atoms with Crippen LogP contribution in [0.3, 0.4) is 0 Å². The quantitative estimate of drug-likeness (QED) is 0.402. The first-order valence-electron chi connectivity index (χ1n) is 10.7. The Labute approximate surface area is 195 Å². The van der Waals surface area contributed by atoms with Crippen LogP contribution < -0.4 is 5.32 Å². The molecule has 0 spiro atoms. The number of nitrogens with zero attached hydrogens (tertiary/aromatic N) is 3. The van der Waals surface area contributed by atoms with E-state index >= 15 is 0 Å². The molecule has 4 rings (SSSR count). The number of benzene rings is 1. The number of anilines is 1. The van der Waals surface area contributed by atoms with Gasteiger partial charge in [0.05, 0.1) is 17.9 Å². The van der Waals surface area contributed by atoms with Gasteiger partial charge in [0.1, 0.15) is 5.00 Å². The minimum Gasteiger partial charge on any atom is -0.462 e. The Bertz CT molecular complexity index is 1120. The third kappa shape index (κ3) is 4.73. The molecule has 1 aliphatic rings. The van der Waals surface area contributed by atoms with Crippen LogP contribution in [0.25, 0.3) is 11.4 Å². The van der Waals surface area contributed by atoms with Gasteiger partial charge in [-0.15, -0.1) is 21.5 Å². The van der Waals surface area contributed by atoms with Crippen LogP contribution in [0.15, 0.2) is 35.5 Å². The van der Waals surface area contributed by atoms with E-state index in [4.69, 9.17) is 4.74 Å². The molecule has 0 saturated heterocycles. The van der Waals surface area contributed by atoms with E-state index in [1.807, 2.05) is 41.9 Å². The number of thioether (sulfide) groups is 1. The molecule has 0 saturated carbocycles. The van der Waals surface area contributed by atoms with Crippen LogP contribution in [0.5, 0.6) is 0 Å². The van der Waals surface area contributed by atoms with Crippen molar-refractivity contribution in [2.45, 2.75) is 38.3 Å². The highest BCUT2D eigenvalue weighted by Crippen LogP contribution is 2.40. The molecular weight excluding hydrogens is 444 g/mol. The van der Waals surface area contributed by atoms with Gasteiger partial charge in [-0.25, -0.2) is 4.79 Å². The maximum absolute atomic E-state index is 12.7. The van der Waals surface area contributed by atoms with Crippen molar-refractivity contribution < 1.29 is 14.3 Å². The Morgan fingerprint density at radius 2 is 2.06 bits per heavy atom. The van der Waals surface area contributed by atoms with E-state index in [-0.39, 0.29) is 17.6 Å². The van der Waals surface area contributed by atoms with E-state index in [0.29, 0.717) is 28.2 Å². The molecule has 0 bridgehead atoms. The topological polar surface area (TPSA) is 86.1 Å². The van der Waals surface area contributed by atoms with E-state index in [9.17, 15) is 9.59 Å². The highest BCUT2D eigenvalue weighted by molar-refractivity contribution is 7.99. The zero-order valence-electron chi connectivity index (χ0n) is 18.4. The van der Waals surface area contributed by atoms with E-state index in [1.165, 1.54) is 28.0 Å². The van der Waals surface area contributed by atoms with Crippen LogP contribution in [0, 0.1) is 5.92 Å². The van der Waals surface area contributed by atoms with E-state index in [1.54, 1.807) is 6.92 Å². The molecule has 1 aliphatic carbocycles. The van der Waals surface area contributed by atoms with Gasteiger partial charge in [0.25, 0.3) is 0 Å². The van der Waals surface area contributed by atoms with E-state index in [2.05, 4.69) is 22.4 Å². The summed E-state index contributed by atoms with van der Waals surface area (Å²) in [5.74, 6) is 0.949. The Morgan fingerprint density at radius 3 is 2.81 bits per heavy atom. The first-order valence-corrected chi connectivity index (χ1v) is 12.5. The summed E-state index contributed by atoms with van der Waals surface area (Å²) in [7, 11) is 1.88. The summed E-state index contributed by atoms with van der Waals surface area (Å²) in [5.41, 5.74) is 2.54. The third-order valence-corrected chi connectivity index (χ3v) is 7.63. The molecule has 168 valence electrons. The van der Waals surface area contributed by atoms with Crippen LogP contribution in [-0.4, -0.2) is 39.0 Å². The van der Waals surface area contributed by atoms with Crippen molar-refractivity contribution in [1.82, 2.24) is 14.8 Å². The molecule has 0 fully saturated rings. The number of thiophene rings is 1. The van der Waals surface area contributed by atoms with Gasteiger partial charge >= 0.3 is 5.97 Å². The number of nitrogens with one attached hydrogen (secondary N) is 1. The smallest absolute Gasteiger partial charge is 0.341 e. The number of aromatic nitrogens is 3. The van der Waals surface area contributed by atoms with Crippen molar-refractivity contribution >= 4 is 40.0 Å². The summed E-state index contributed by atoms with van der Waals surface area (Å²) < 4.78 is 7.16. The molecule has 7 nitrogen and oxygen atoms in total. The average Bonchev–Trinajstić information content (AvgIpc) is 3.32. The number of carbonyl (C=O) groups excluding carboxylic acids is 2. The van der Waals surface area contributed by atoms with Gasteiger partial charge in [-0.3, -0.25) is 4.79 Å². The summed E-state index contributed by atoms with van der Waals surface area (Å²) in [6.45, 7) is 4.31. The van der Waals surface area contributed by atoms with Crippen LogP contribution >= 0.6 is 23.1 Å². The van der Waals surface area contributed by atoms with Crippen LogP contribution in [0.4, 0.5) is 5.00 Å². The van der Waals surface area contributed by atoms with Crippen molar-refractivity contribution in [3.8, 4) is 11.4 Å². The third-order valence-electron chi connectivity index (χ3n) is 5.44. The minimum absolute atomic E-state index is 0.169. The van der Waals surface area contributed by atoms with Crippen LogP contribution in [-0.2, 0) is 29.4 Å². The standard InChI is InChI=1S/C23H26N4O3S2/c1-4-30-22(29)19-16-11-10-14(2)12-17(16)32-21(19)24-18(28)13-31-23-26-25-20(27(23)3)15-8-6-5-7-9-15/h5-9,14H,4,10-13H2,1-3H3,(H,24,28). The summed E-state index contributed by atoms with van der Waals surface area (Å²) in [5, 5.41) is 12.7. The lowest BCUT2D eigenvalue weighted by Crippen LogP contribution is -2.18. The zero-order valence-corrected chi connectivity index (χ0v) is 20.0. The molecule has 9 heteroatoms. The molecule has 1 unspecified atom stereocenters. The molecule has 0 aliphatic heterocycles. The van der Waals surface area contributed by atoms with E-state index < -0.39 is 0 Å². The number of hydrogen-bond donors (Lipinski definition) is 1. The van der Waals surface area contributed by atoms with E-state index in [0.717, 1.165) is 36.2 Å². The molecule has 1 atom stereocenters. The lowest BCUT2D eigenvalue weighted by atomic mass is 9.88. The van der Waals surface area contributed by atoms with Gasteiger partial charge in [-0.2, -0.15) is 0 Å². The zero-order chi connectivity index (χ0) is 22.7. The van der Waals surface area contributed by atoms with Crippen LogP contribution in [0.2, 0.25) is 0 Å². The van der Waals surface area contributed by atoms with Gasteiger partial charge in [0.15, 0.2) is 11.0 Å². The normalized spacial score (nSPS) is 15.3. The maximum Gasteiger partial charge on any atom is 0.341 e. The van der Waals surface area contributed by atoms with Gasteiger partial charge < -0.3 is 14.6 Å². The number of ether oxygens (including phenoxy) is 1. The summed E-state index contributed by atoms with van der Waals surface area (Å²) in [6.07, 6.45) is 2.81. The van der Waals surface area contributed by atoms with Crippen molar-refractivity contribution in [3.63, 3.8) is 0 Å². The highest BCUT2D eigenvalue weighted by atomic mass is 32.2. The SMILES string of the molecule is CCOC(=O)c1c(NC(=O)CSc2nnc(-c3ccccc3)n2C)sc2c1CCC(C)C2. The molecule has 2 aromatic heterocycles. The number of hydrogen-bond acceptors (Lipinski definition) is 7. The van der Waals surface area contributed by atoms with Gasteiger partial charge in [-0.1, -0.05) is 49.0 Å². The fourth-order valence-electron chi connectivity index (χ4n) is 3.83. The molecule has 2 heterocycles. The first-order chi connectivity index (χ1) is 15.5. The lowest BCUT2D eigenvalue weighted by molar-refractivity contribution is -0.113. The molecular formula is C23H26N4O3S2. The molecule has 1 N–H and O–H groups in total. The number of rotatable bonds is 7. The van der Waals surface area contributed by atoms with Gasteiger partial charge in [0, 0.05) is 17.5 Å². The maximum atomic E-state index is 12.7. The number of amides is 1. The second kappa shape index (κ2) is 9.87. The molecule has 0 radical (unpaired) electrons. The molecule has 1 amide bonds. The molecule has 3 aromatic rings. The Kier molecular flexibility index (Phi) is 6.95. The first kappa shape index (κ1) is 22.5. The Balaban J connectivity index is 1.47. The molecule has 1 aromatic carbocycles. The van der Waals surface area contributed by atoms with Crippen molar-refractivity contribution in [2.75, 3.05) is 17.7 Å². The lowest BCUT2D eigenvalue weighted by Gasteiger charge is -2.18. The number of fused-ring (bicyclic) bond motifs is 1. The second-order valence-corrected chi connectivity index (χ2v) is 9.89. The summed E-state index contributed by atoms with van der Waals surface area (Å²) in [6, 6.07) is 9.80. The average molecular weight is 471 g/mol. The molecule has 32 heavy (non-hydrogen) atoms. The summed E-state index contributed by atoms with van der Waals surface area (Å²) in [4.78, 5) is 26.6. The van der Waals surface area contributed by atoms with Crippen molar-refractivity contribution in [2.24, 2.45) is 13.0 Å². The number of esters is 1. The van der Waals surface area contributed by atoms with Crippen molar-refractivity contribution in [1.29, 1.82) is 0 Å². The Morgan fingerprint density at radius 1 is 1.28 bits per heavy atom. The monoisotopic (exact) mass is 470 g/mol. The second-order valence-electron chi connectivity index (χ2n) is 7.84.